The van der Waals surface area contributed by atoms with Gasteiger partial charge < -0.3 is 10.1 Å². The lowest BCUT2D eigenvalue weighted by molar-refractivity contribution is -0.142. The Morgan fingerprint density at radius 1 is 1.13 bits per heavy atom. The van der Waals surface area contributed by atoms with E-state index in [4.69, 9.17) is 27.9 Å². The van der Waals surface area contributed by atoms with Crippen molar-refractivity contribution in [3.8, 4) is 17.6 Å². The summed E-state index contributed by atoms with van der Waals surface area (Å²) in [6.45, 7) is 0.773. The summed E-state index contributed by atoms with van der Waals surface area (Å²) in [5.74, 6) is 7.11. The minimum Gasteiger partial charge on any atom is -0.487 e. The predicted octanol–water partition coefficient (Wildman–Crippen LogP) is 8.23. The van der Waals surface area contributed by atoms with E-state index in [1.807, 2.05) is 11.0 Å². The fourth-order valence-corrected chi connectivity index (χ4v) is 6.42. The van der Waals surface area contributed by atoms with E-state index in [2.05, 4.69) is 32.2 Å². The molecule has 0 saturated carbocycles. The molecule has 14 heteroatoms. The second-order valence-corrected chi connectivity index (χ2v) is 12.2. The van der Waals surface area contributed by atoms with Gasteiger partial charge in [-0.2, -0.15) is 18.3 Å². The summed E-state index contributed by atoms with van der Waals surface area (Å²) in [4.78, 5) is 11.4. The van der Waals surface area contributed by atoms with Crippen molar-refractivity contribution >= 4 is 56.3 Å². The van der Waals surface area contributed by atoms with Gasteiger partial charge in [-0.1, -0.05) is 47.2 Å². The lowest BCUT2D eigenvalue weighted by atomic mass is 10.2. The molecule has 45 heavy (non-hydrogen) atoms. The summed E-state index contributed by atoms with van der Waals surface area (Å²) < 4.78 is 61.8. The number of benzene rings is 2. The molecule has 1 N–H and O–H groups in total. The number of rotatable bonds is 7. The number of halogens is 6. The first kappa shape index (κ1) is 31.1. The van der Waals surface area contributed by atoms with Crippen LogP contribution in [0.15, 0.2) is 54.9 Å². The van der Waals surface area contributed by atoms with E-state index in [0.717, 1.165) is 27.1 Å². The Hall–Kier alpha value is -3.89. The predicted molar refractivity (Wildman–Crippen MR) is 166 cm³/mol. The van der Waals surface area contributed by atoms with Crippen LogP contribution in [0.1, 0.15) is 34.5 Å². The van der Waals surface area contributed by atoms with Crippen LogP contribution in [0.25, 0.3) is 10.2 Å². The molecule has 0 radical (unpaired) electrons. The van der Waals surface area contributed by atoms with Crippen LogP contribution in [0, 0.1) is 17.7 Å². The molecule has 1 saturated heterocycles. The quantitative estimate of drug-likeness (QED) is 0.139. The summed E-state index contributed by atoms with van der Waals surface area (Å²) in [7, 11) is 1.39. The van der Waals surface area contributed by atoms with Gasteiger partial charge in [-0.25, -0.2) is 14.4 Å². The SMILES string of the molecule is Cn1nc(C(F)(F)F)c(CN2CCC[C@H]2C#Cc2cc3ncnc(Nc4ccc(OCc5cccc(F)c5)c(Cl)c4)c3s2)c1Cl. The number of aromatic nitrogens is 4. The van der Waals surface area contributed by atoms with Crippen LogP contribution in [0.5, 0.6) is 5.75 Å². The number of anilines is 2. The molecular weight excluding hydrogens is 651 g/mol. The average molecular weight is 676 g/mol. The molecule has 0 spiro atoms. The maximum atomic E-state index is 13.6. The van der Waals surface area contributed by atoms with Crippen molar-refractivity contribution in [1.82, 2.24) is 24.6 Å². The van der Waals surface area contributed by atoms with Gasteiger partial charge >= 0.3 is 6.18 Å². The number of fused-ring (bicyclic) bond motifs is 1. The van der Waals surface area contributed by atoms with Crippen molar-refractivity contribution in [2.75, 3.05) is 11.9 Å². The summed E-state index contributed by atoms with van der Waals surface area (Å²) in [5.41, 5.74) is 1.04. The molecule has 0 amide bonds. The molecule has 1 aliphatic heterocycles. The highest BCUT2D eigenvalue weighted by Crippen LogP contribution is 2.37. The van der Waals surface area contributed by atoms with Gasteiger partial charge in [-0.15, -0.1) is 11.3 Å². The Bertz CT molecular complexity index is 1930. The number of nitrogens with zero attached hydrogens (tertiary/aromatic N) is 5. The summed E-state index contributed by atoms with van der Waals surface area (Å²) in [6, 6.07) is 13.0. The highest BCUT2D eigenvalue weighted by molar-refractivity contribution is 7.20. The number of thiophene rings is 1. The van der Waals surface area contributed by atoms with Crippen LogP contribution in [-0.4, -0.2) is 37.2 Å². The average Bonchev–Trinajstić information content (AvgIpc) is 3.70. The smallest absolute Gasteiger partial charge is 0.435 e. The Kier molecular flexibility index (Phi) is 8.88. The molecule has 0 bridgehead atoms. The monoisotopic (exact) mass is 674 g/mol. The topological polar surface area (TPSA) is 68.1 Å². The van der Waals surface area contributed by atoms with Gasteiger partial charge in [0.05, 0.1) is 26.2 Å². The van der Waals surface area contributed by atoms with Crippen LogP contribution in [-0.2, 0) is 26.4 Å². The molecule has 5 aromatic rings. The minimum atomic E-state index is -4.60. The van der Waals surface area contributed by atoms with E-state index in [9.17, 15) is 17.6 Å². The number of nitrogens with one attached hydrogen (secondary N) is 1. The first-order valence-electron chi connectivity index (χ1n) is 13.8. The summed E-state index contributed by atoms with van der Waals surface area (Å²) in [5, 5.41) is 7.20. The van der Waals surface area contributed by atoms with Gasteiger partial charge in [0, 0.05) is 24.8 Å². The molecule has 2 aromatic carbocycles. The second kappa shape index (κ2) is 12.8. The Morgan fingerprint density at radius 2 is 1.98 bits per heavy atom. The van der Waals surface area contributed by atoms with Crippen molar-refractivity contribution < 1.29 is 22.3 Å². The van der Waals surface area contributed by atoms with E-state index in [1.54, 1.807) is 30.3 Å². The summed E-state index contributed by atoms with van der Waals surface area (Å²) in [6.07, 6.45) is -1.62. The molecule has 4 heterocycles. The van der Waals surface area contributed by atoms with E-state index >= 15 is 0 Å². The number of hydrogen-bond donors (Lipinski definition) is 1. The van der Waals surface area contributed by atoms with Crippen molar-refractivity contribution in [3.63, 3.8) is 0 Å². The zero-order valence-corrected chi connectivity index (χ0v) is 26.0. The molecular formula is C31H24Cl2F4N6OS. The number of ether oxygens (including phenoxy) is 1. The fraction of sp³-hybridized carbons (Fsp3) is 0.258. The number of alkyl halides is 3. The number of hydrogen-bond acceptors (Lipinski definition) is 7. The molecule has 232 valence electrons. The van der Waals surface area contributed by atoms with E-state index in [1.165, 1.54) is 36.8 Å². The van der Waals surface area contributed by atoms with Crippen LogP contribution >= 0.6 is 34.5 Å². The lowest BCUT2D eigenvalue weighted by Gasteiger charge is -2.20. The lowest BCUT2D eigenvalue weighted by Crippen LogP contribution is -2.28. The highest BCUT2D eigenvalue weighted by atomic mass is 35.5. The van der Waals surface area contributed by atoms with Crippen LogP contribution in [0.2, 0.25) is 10.2 Å². The molecule has 7 nitrogen and oxygen atoms in total. The van der Waals surface area contributed by atoms with Crippen molar-refractivity contribution in [3.05, 3.63) is 92.5 Å². The van der Waals surface area contributed by atoms with E-state index < -0.39 is 11.9 Å². The third-order valence-corrected chi connectivity index (χ3v) is 9.03. The van der Waals surface area contributed by atoms with Crippen LogP contribution in [0.4, 0.5) is 29.1 Å². The molecule has 1 atom stereocenters. The largest absolute Gasteiger partial charge is 0.487 e. The third-order valence-electron chi connectivity index (χ3n) is 7.21. The Labute approximate surface area is 269 Å². The van der Waals surface area contributed by atoms with Crippen molar-refractivity contribution in [1.29, 1.82) is 0 Å². The molecule has 1 fully saturated rings. The van der Waals surface area contributed by atoms with Crippen LogP contribution in [0.3, 0.4) is 0 Å². The summed E-state index contributed by atoms with van der Waals surface area (Å²) >= 11 is 14.1. The maximum Gasteiger partial charge on any atom is 0.435 e. The maximum absolute atomic E-state index is 13.6. The van der Waals surface area contributed by atoms with Gasteiger partial charge in [-0.05, 0) is 61.3 Å². The van der Waals surface area contributed by atoms with Crippen molar-refractivity contribution in [2.24, 2.45) is 7.05 Å². The second-order valence-electron chi connectivity index (χ2n) is 10.4. The molecule has 0 aliphatic carbocycles. The standard InChI is InChI=1S/C31H24Cl2F4N6OS/c1-42-29(33)23(28(41-42)31(35,36)37)15-43-11-3-6-21(43)8-9-22-14-25-27(45-22)30(39-17-38-25)40-20-7-10-26(24(32)13-20)44-16-18-4-2-5-19(34)12-18/h2,4-5,7,10,12-14,17,21H,3,6,11,15-16H2,1H3,(H,38,39,40)/t21-/m0/s1. The van der Waals surface area contributed by atoms with Gasteiger partial charge in [0.2, 0.25) is 0 Å². The first-order chi connectivity index (χ1) is 21.5. The molecule has 0 unspecified atom stereocenters. The zero-order chi connectivity index (χ0) is 31.7. The van der Waals surface area contributed by atoms with Gasteiger partial charge in [0.1, 0.15) is 29.7 Å². The highest BCUT2D eigenvalue weighted by Gasteiger charge is 2.39. The molecule has 1 aliphatic rings. The fourth-order valence-electron chi connectivity index (χ4n) is 5.08. The van der Waals surface area contributed by atoms with E-state index in [-0.39, 0.29) is 35.7 Å². The number of likely N-dealkylation sites (tertiary alicyclic amines) is 1. The molecule has 6 rings (SSSR count). The van der Waals surface area contributed by atoms with Gasteiger partial charge in [0.15, 0.2) is 11.5 Å². The van der Waals surface area contributed by atoms with Gasteiger partial charge in [-0.3, -0.25) is 9.58 Å². The number of aryl methyl sites for hydroxylation is 1. The third kappa shape index (κ3) is 7.02. The van der Waals surface area contributed by atoms with Crippen molar-refractivity contribution in [2.45, 2.75) is 38.2 Å². The van der Waals surface area contributed by atoms with E-state index in [0.29, 0.717) is 39.9 Å². The normalized spacial score (nSPS) is 15.3. The first-order valence-corrected chi connectivity index (χ1v) is 15.3. The Balaban J connectivity index is 1.16. The molecule has 3 aromatic heterocycles. The minimum absolute atomic E-state index is 0.00399. The van der Waals surface area contributed by atoms with Gasteiger partial charge in [0.25, 0.3) is 0 Å². The zero-order valence-electron chi connectivity index (χ0n) is 23.6. The van der Waals surface area contributed by atoms with Crippen LogP contribution < -0.4 is 10.1 Å². The Morgan fingerprint density at radius 3 is 2.76 bits per heavy atom.